The average molecular weight is 226 g/mol. The summed E-state index contributed by atoms with van der Waals surface area (Å²) in [6, 6.07) is -0.230. The number of ether oxygens (including phenoxy) is 1. The summed E-state index contributed by atoms with van der Waals surface area (Å²) in [6.45, 7) is 6.31. The summed E-state index contributed by atoms with van der Waals surface area (Å²) in [6.07, 6.45) is 2.54. The number of rotatable bonds is 6. The van der Waals surface area contributed by atoms with Crippen LogP contribution in [0.25, 0.3) is 0 Å². The molecule has 0 aliphatic carbocycles. The van der Waals surface area contributed by atoms with Crippen molar-refractivity contribution in [3.05, 3.63) is 17.8 Å². The first kappa shape index (κ1) is 12.7. The molecule has 1 aromatic rings. The Kier molecular flexibility index (Phi) is 4.98. The molecule has 16 heavy (non-hydrogen) atoms. The average Bonchev–Trinajstić information content (AvgIpc) is 2.65. The Labute approximate surface area is 95.2 Å². The van der Waals surface area contributed by atoms with Crippen LogP contribution >= 0.6 is 0 Å². The Morgan fingerprint density at radius 2 is 2.44 bits per heavy atom. The molecular formula is C11H18N2O3. The molecule has 5 nitrogen and oxygen atoms in total. The van der Waals surface area contributed by atoms with Crippen LogP contribution in [0.5, 0.6) is 0 Å². The van der Waals surface area contributed by atoms with Crippen molar-refractivity contribution in [2.75, 3.05) is 13.2 Å². The van der Waals surface area contributed by atoms with Crippen LogP contribution in [0.4, 0.5) is 0 Å². The summed E-state index contributed by atoms with van der Waals surface area (Å²) in [4.78, 5) is 15.4. The first-order chi connectivity index (χ1) is 7.63. The lowest BCUT2D eigenvalue weighted by Gasteiger charge is -2.10. The summed E-state index contributed by atoms with van der Waals surface area (Å²) in [5.74, 6) is 1.09. The van der Waals surface area contributed by atoms with Gasteiger partial charge in [-0.15, -0.1) is 0 Å². The second kappa shape index (κ2) is 6.27. The highest BCUT2D eigenvalue weighted by Gasteiger charge is 2.13. The van der Waals surface area contributed by atoms with E-state index in [1.165, 1.54) is 0 Å². The molecule has 1 N–H and O–H groups in total. The van der Waals surface area contributed by atoms with Gasteiger partial charge in [0.05, 0.1) is 6.20 Å². The molecule has 0 saturated heterocycles. The quantitative estimate of drug-likeness (QED) is 0.748. The largest absolute Gasteiger partial charge is 0.444 e. The van der Waals surface area contributed by atoms with E-state index in [-0.39, 0.29) is 18.6 Å². The van der Waals surface area contributed by atoms with E-state index in [9.17, 15) is 4.79 Å². The monoisotopic (exact) mass is 226 g/mol. The minimum absolute atomic E-state index is 0.0812. The van der Waals surface area contributed by atoms with E-state index >= 15 is 0 Å². The molecule has 1 rings (SSSR count). The third-order valence-electron chi connectivity index (χ3n) is 1.97. The minimum Gasteiger partial charge on any atom is -0.444 e. The van der Waals surface area contributed by atoms with E-state index in [4.69, 9.17) is 9.15 Å². The molecule has 0 spiro atoms. The lowest BCUT2D eigenvalue weighted by atomic mass is 10.3. The molecule has 0 saturated carbocycles. The van der Waals surface area contributed by atoms with Crippen LogP contribution in [0.1, 0.15) is 38.0 Å². The van der Waals surface area contributed by atoms with E-state index in [1.807, 2.05) is 20.8 Å². The highest BCUT2D eigenvalue weighted by molar-refractivity contribution is 5.77. The van der Waals surface area contributed by atoms with Crippen molar-refractivity contribution in [3.8, 4) is 0 Å². The fourth-order valence-electron chi connectivity index (χ4n) is 1.23. The molecule has 1 aromatic heterocycles. The zero-order valence-corrected chi connectivity index (χ0v) is 9.95. The number of hydrogen-bond donors (Lipinski definition) is 1. The van der Waals surface area contributed by atoms with Crippen LogP contribution in [0.15, 0.2) is 10.6 Å². The standard InChI is InChI=1S/C11H18N2O3/c1-4-5-15-7-10(14)13-9(3)11-12-6-8(2)16-11/h6,9H,4-5,7H2,1-3H3,(H,13,14). The highest BCUT2D eigenvalue weighted by Crippen LogP contribution is 2.11. The van der Waals surface area contributed by atoms with Gasteiger partial charge in [0.15, 0.2) is 0 Å². The number of nitrogens with one attached hydrogen (secondary N) is 1. The summed E-state index contributed by atoms with van der Waals surface area (Å²) < 4.78 is 10.4. The maximum Gasteiger partial charge on any atom is 0.246 e. The molecular weight excluding hydrogens is 208 g/mol. The fraction of sp³-hybridized carbons (Fsp3) is 0.636. The molecule has 1 amide bonds. The third kappa shape index (κ3) is 4.02. The second-order valence-corrected chi connectivity index (χ2v) is 3.65. The van der Waals surface area contributed by atoms with E-state index < -0.39 is 0 Å². The van der Waals surface area contributed by atoms with Gasteiger partial charge in [-0.05, 0) is 20.3 Å². The van der Waals surface area contributed by atoms with Gasteiger partial charge in [-0.1, -0.05) is 6.92 Å². The Hall–Kier alpha value is -1.36. The predicted octanol–water partition coefficient (Wildman–Crippen LogP) is 1.59. The van der Waals surface area contributed by atoms with E-state index in [0.717, 1.165) is 12.2 Å². The molecule has 0 radical (unpaired) electrons. The molecule has 5 heteroatoms. The summed E-state index contributed by atoms with van der Waals surface area (Å²) in [7, 11) is 0. The van der Waals surface area contributed by atoms with Gasteiger partial charge in [0.2, 0.25) is 11.8 Å². The Balaban J connectivity index is 2.33. The van der Waals surface area contributed by atoms with E-state index in [0.29, 0.717) is 12.5 Å². The lowest BCUT2D eigenvalue weighted by molar-refractivity contribution is -0.126. The van der Waals surface area contributed by atoms with Gasteiger partial charge >= 0.3 is 0 Å². The molecule has 0 bridgehead atoms. The number of oxazole rings is 1. The van der Waals surface area contributed by atoms with E-state index in [1.54, 1.807) is 6.20 Å². The number of nitrogens with zero attached hydrogens (tertiary/aromatic N) is 1. The number of aryl methyl sites for hydroxylation is 1. The van der Waals surface area contributed by atoms with Gasteiger partial charge in [-0.2, -0.15) is 0 Å². The van der Waals surface area contributed by atoms with Crippen molar-refractivity contribution in [1.29, 1.82) is 0 Å². The second-order valence-electron chi connectivity index (χ2n) is 3.65. The van der Waals surface area contributed by atoms with Crippen LogP contribution in [0.3, 0.4) is 0 Å². The van der Waals surface area contributed by atoms with E-state index in [2.05, 4.69) is 10.3 Å². The fourth-order valence-corrected chi connectivity index (χ4v) is 1.23. The van der Waals surface area contributed by atoms with Crippen molar-refractivity contribution < 1.29 is 13.9 Å². The maximum absolute atomic E-state index is 11.4. The lowest BCUT2D eigenvalue weighted by Crippen LogP contribution is -2.30. The number of carbonyl (C=O) groups excluding carboxylic acids is 1. The van der Waals surface area contributed by atoms with Gasteiger partial charge in [0.25, 0.3) is 0 Å². The van der Waals surface area contributed by atoms with Crippen molar-refractivity contribution in [2.24, 2.45) is 0 Å². The normalized spacial score (nSPS) is 12.4. The Morgan fingerprint density at radius 3 is 3.00 bits per heavy atom. The third-order valence-corrected chi connectivity index (χ3v) is 1.97. The molecule has 1 unspecified atom stereocenters. The first-order valence-corrected chi connectivity index (χ1v) is 5.43. The zero-order valence-electron chi connectivity index (χ0n) is 9.95. The zero-order chi connectivity index (χ0) is 12.0. The number of amides is 1. The maximum atomic E-state index is 11.4. The number of carbonyl (C=O) groups is 1. The number of hydrogen-bond acceptors (Lipinski definition) is 4. The topological polar surface area (TPSA) is 64.4 Å². The van der Waals surface area contributed by atoms with Crippen LogP contribution in [0.2, 0.25) is 0 Å². The van der Waals surface area contributed by atoms with Crippen molar-refractivity contribution in [3.63, 3.8) is 0 Å². The van der Waals surface area contributed by atoms with Gasteiger partial charge in [-0.3, -0.25) is 4.79 Å². The predicted molar refractivity (Wildman–Crippen MR) is 58.9 cm³/mol. The van der Waals surface area contributed by atoms with Crippen molar-refractivity contribution >= 4 is 5.91 Å². The van der Waals surface area contributed by atoms with Crippen LogP contribution in [-0.2, 0) is 9.53 Å². The smallest absolute Gasteiger partial charge is 0.246 e. The Bertz CT molecular complexity index is 336. The first-order valence-electron chi connectivity index (χ1n) is 5.43. The van der Waals surface area contributed by atoms with Crippen molar-refractivity contribution in [1.82, 2.24) is 10.3 Å². The summed E-state index contributed by atoms with van der Waals surface area (Å²) in [5, 5.41) is 2.75. The van der Waals surface area contributed by atoms with Gasteiger partial charge < -0.3 is 14.5 Å². The minimum atomic E-state index is -0.230. The molecule has 90 valence electrons. The van der Waals surface area contributed by atoms with Crippen LogP contribution in [0, 0.1) is 6.92 Å². The molecule has 0 aliphatic heterocycles. The molecule has 0 fully saturated rings. The van der Waals surface area contributed by atoms with Crippen LogP contribution in [-0.4, -0.2) is 24.1 Å². The summed E-state index contributed by atoms with van der Waals surface area (Å²) in [5.41, 5.74) is 0. The van der Waals surface area contributed by atoms with Crippen molar-refractivity contribution in [2.45, 2.75) is 33.2 Å². The van der Waals surface area contributed by atoms with Crippen LogP contribution < -0.4 is 5.32 Å². The summed E-state index contributed by atoms with van der Waals surface area (Å²) >= 11 is 0. The molecule has 1 heterocycles. The van der Waals surface area contributed by atoms with Gasteiger partial charge in [0.1, 0.15) is 18.4 Å². The molecule has 1 atom stereocenters. The Morgan fingerprint density at radius 1 is 1.69 bits per heavy atom. The highest BCUT2D eigenvalue weighted by atomic mass is 16.5. The molecule has 0 aromatic carbocycles. The van der Waals surface area contributed by atoms with Gasteiger partial charge in [-0.25, -0.2) is 4.98 Å². The van der Waals surface area contributed by atoms with Gasteiger partial charge in [0, 0.05) is 6.61 Å². The SMILES string of the molecule is CCCOCC(=O)NC(C)c1ncc(C)o1. The number of aromatic nitrogens is 1. The molecule has 0 aliphatic rings.